The molecule has 0 aromatic heterocycles. The van der Waals surface area contributed by atoms with Gasteiger partial charge in [-0.2, -0.15) is 16.8 Å². The molecular weight excluding hydrogens is 572 g/mol. The standard InChI is InChI=1S/C29H52O10S2/c1-5-19(18(2)16-30)6-7-20(17-38-40(32,33)34)22-10-11-23-21-8-9-25-27(31)26(39-41(35,36)37)13-15-29(25,4)24(21)12-14-28(22,23)3/h18-27,30-31H,5-17H2,1-4H3,(H,32,33,34)(H,35,36,37)/t18-,19-,20+,21+,22-,23+,24+,25-,26-,27+,28-,29-/m1/s1. The first-order chi connectivity index (χ1) is 19.0. The van der Waals surface area contributed by atoms with Crippen LogP contribution in [0, 0.1) is 58.2 Å². The van der Waals surface area contributed by atoms with Crippen molar-refractivity contribution < 1.29 is 44.5 Å². The Morgan fingerprint density at radius 3 is 2.10 bits per heavy atom. The molecule has 4 rings (SSSR count). The zero-order chi connectivity index (χ0) is 30.4. The molecule has 0 amide bonds. The lowest BCUT2D eigenvalue weighted by atomic mass is 9.44. The average molecular weight is 625 g/mol. The molecule has 0 aromatic carbocycles. The van der Waals surface area contributed by atoms with Crippen molar-refractivity contribution in [3.05, 3.63) is 0 Å². The normalized spacial score (nSPS) is 41.6. The Kier molecular flexibility index (Phi) is 10.3. The van der Waals surface area contributed by atoms with Crippen LogP contribution in [0.25, 0.3) is 0 Å². The summed E-state index contributed by atoms with van der Waals surface area (Å²) in [5.41, 5.74) is -0.144. The minimum atomic E-state index is -4.64. The van der Waals surface area contributed by atoms with Gasteiger partial charge < -0.3 is 10.2 Å². The first kappa shape index (κ1) is 33.6. The van der Waals surface area contributed by atoms with E-state index in [-0.39, 0.29) is 47.7 Å². The quantitative estimate of drug-likeness (QED) is 0.224. The zero-order valence-corrected chi connectivity index (χ0v) is 26.7. The van der Waals surface area contributed by atoms with Gasteiger partial charge in [0.2, 0.25) is 0 Å². The highest BCUT2D eigenvalue weighted by atomic mass is 32.3. The fraction of sp³-hybridized carbons (Fsp3) is 1.00. The zero-order valence-electron chi connectivity index (χ0n) is 25.0. The van der Waals surface area contributed by atoms with Crippen molar-refractivity contribution >= 4 is 20.8 Å². The number of hydrogen-bond acceptors (Lipinski definition) is 8. The third-order valence-corrected chi connectivity index (χ3v) is 13.5. The highest BCUT2D eigenvalue weighted by Gasteiger charge is 2.62. The smallest absolute Gasteiger partial charge is 0.396 e. The van der Waals surface area contributed by atoms with Gasteiger partial charge in [-0.25, -0.2) is 8.37 Å². The van der Waals surface area contributed by atoms with Crippen molar-refractivity contribution in [2.75, 3.05) is 13.2 Å². The lowest BCUT2D eigenvalue weighted by Gasteiger charge is -2.62. The summed E-state index contributed by atoms with van der Waals surface area (Å²) >= 11 is 0. The molecule has 4 saturated carbocycles. The van der Waals surface area contributed by atoms with Gasteiger partial charge in [0.15, 0.2) is 0 Å². The van der Waals surface area contributed by atoms with Gasteiger partial charge in [-0.15, -0.1) is 0 Å². The van der Waals surface area contributed by atoms with E-state index in [2.05, 4.69) is 20.8 Å². The maximum absolute atomic E-state index is 11.6. The van der Waals surface area contributed by atoms with Crippen LogP contribution in [-0.2, 0) is 29.2 Å². The summed E-state index contributed by atoms with van der Waals surface area (Å²) in [7, 11) is -9.19. The van der Waals surface area contributed by atoms with E-state index in [0.29, 0.717) is 30.1 Å². The van der Waals surface area contributed by atoms with Gasteiger partial charge in [0.25, 0.3) is 0 Å². The number of aliphatic hydroxyl groups is 2. The molecule has 10 nitrogen and oxygen atoms in total. The summed E-state index contributed by atoms with van der Waals surface area (Å²) in [6.07, 6.45) is 7.52. The number of rotatable bonds is 12. The molecule has 240 valence electrons. The van der Waals surface area contributed by atoms with Crippen molar-refractivity contribution in [2.45, 2.75) is 111 Å². The van der Waals surface area contributed by atoms with E-state index >= 15 is 0 Å². The van der Waals surface area contributed by atoms with Gasteiger partial charge in [0, 0.05) is 6.61 Å². The summed E-state index contributed by atoms with van der Waals surface area (Å²) in [5, 5.41) is 20.9. The van der Waals surface area contributed by atoms with Crippen LogP contribution in [-0.4, -0.2) is 61.6 Å². The van der Waals surface area contributed by atoms with Crippen molar-refractivity contribution in [3.8, 4) is 0 Å². The second-order valence-electron chi connectivity index (χ2n) is 14.3. The molecule has 4 aliphatic rings. The van der Waals surface area contributed by atoms with E-state index in [9.17, 15) is 36.2 Å². The fourth-order valence-electron chi connectivity index (χ4n) is 10.4. The first-order valence-corrected chi connectivity index (χ1v) is 18.3. The Morgan fingerprint density at radius 2 is 1.49 bits per heavy atom. The van der Waals surface area contributed by atoms with E-state index in [1.165, 1.54) is 0 Å². The summed E-state index contributed by atoms with van der Waals surface area (Å²) in [5.74, 6) is 1.94. The van der Waals surface area contributed by atoms with Crippen LogP contribution in [0.3, 0.4) is 0 Å². The lowest BCUT2D eigenvalue weighted by Crippen LogP contribution is -2.59. The Hall–Kier alpha value is -0.340. The van der Waals surface area contributed by atoms with Crippen molar-refractivity contribution in [1.29, 1.82) is 0 Å². The molecule has 4 fully saturated rings. The predicted octanol–water partition coefficient (Wildman–Crippen LogP) is 4.67. The van der Waals surface area contributed by atoms with Gasteiger partial charge in [-0.1, -0.05) is 34.1 Å². The highest BCUT2D eigenvalue weighted by molar-refractivity contribution is 7.81. The Labute approximate surface area is 246 Å². The van der Waals surface area contributed by atoms with E-state index in [4.69, 9.17) is 8.37 Å². The summed E-state index contributed by atoms with van der Waals surface area (Å²) < 4.78 is 74.3. The maximum atomic E-state index is 11.6. The van der Waals surface area contributed by atoms with Crippen LogP contribution in [0.15, 0.2) is 0 Å². The Bertz CT molecular complexity index is 1110. The van der Waals surface area contributed by atoms with Crippen LogP contribution in [0.2, 0.25) is 0 Å². The summed E-state index contributed by atoms with van der Waals surface area (Å²) in [6, 6.07) is 0. The second kappa shape index (κ2) is 12.6. The molecule has 0 spiro atoms. The van der Waals surface area contributed by atoms with Crippen molar-refractivity contribution in [3.63, 3.8) is 0 Å². The van der Waals surface area contributed by atoms with Crippen LogP contribution < -0.4 is 0 Å². The molecule has 0 aromatic rings. The molecule has 0 unspecified atom stereocenters. The molecule has 0 aliphatic heterocycles. The van der Waals surface area contributed by atoms with Crippen LogP contribution >= 0.6 is 0 Å². The number of fused-ring (bicyclic) bond motifs is 5. The predicted molar refractivity (Wildman–Crippen MR) is 153 cm³/mol. The molecule has 0 radical (unpaired) electrons. The lowest BCUT2D eigenvalue weighted by molar-refractivity contribution is -0.171. The van der Waals surface area contributed by atoms with Crippen LogP contribution in [0.5, 0.6) is 0 Å². The van der Waals surface area contributed by atoms with Gasteiger partial charge in [-0.3, -0.25) is 9.11 Å². The Morgan fingerprint density at radius 1 is 0.854 bits per heavy atom. The van der Waals surface area contributed by atoms with Gasteiger partial charge in [0.05, 0.1) is 12.7 Å². The van der Waals surface area contributed by atoms with E-state index in [0.717, 1.165) is 64.2 Å². The van der Waals surface area contributed by atoms with Gasteiger partial charge in [0.1, 0.15) is 6.10 Å². The van der Waals surface area contributed by atoms with Gasteiger partial charge in [-0.05, 0) is 122 Å². The SMILES string of the molecule is CC[C@H](CC[C@@H](COS(=O)(=O)O)[C@H]1CC[C@H]2[C@@H]3CC[C@@H]4[C@H](O)[C@H](OS(=O)(=O)O)CC[C@]4(C)[C@H]3CC[C@]12C)[C@H](C)CO. The van der Waals surface area contributed by atoms with E-state index in [1.807, 2.05) is 6.92 Å². The minimum absolute atomic E-state index is 0.00576. The van der Waals surface area contributed by atoms with Crippen LogP contribution in [0.1, 0.15) is 98.3 Å². The molecule has 0 heterocycles. The molecule has 12 heteroatoms. The largest absolute Gasteiger partial charge is 0.397 e. The van der Waals surface area contributed by atoms with Crippen molar-refractivity contribution in [2.24, 2.45) is 58.2 Å². The summed E-state index contributed by atoms with van der Waals surface area (Å²) in [4.78, 5) is 0. The first-order valence-electron chi connectivity index (χ1n) is 15.6. The second-order valence-corrected chi connectivity index (χ2v) is 16.4. The molecule has 12 atom stereocenters. The van der Waals surface area contributed by atoms with Crippen molar-refractivity contribution in [1.82, 2.24) is 0 Å². The molecule has 4 N–H and O–H groups in total. The third kappa shape index (κ3) is 7.00. The van der Waals surface area contributed by atoms with E-state index in [1.54, 1.807) is 0 Å². The van der Waals surface area contributed by atoms with Crippen LogP contribution in [0.4, 0.5) is 0 Å². The topological polar surface area (TPSA) is 168 Å². The van der Waals surface area contributed by atoms with E-state index < -0.39 is 33.0 Å². The fourth-order valence-corrected chi connectivity index (χ4v) is 11.3. The highest BCUT2D eigenvalue weighted by Crippen LogP contribution is 2.68. The third-order valence-electron chi connectivity index (χ3n) is 12.5. The minimum Gasteiger partial charge on any atom is -0.396 e. The monoisotopic (exact) mass is 624 g/mol. The number of aliphatic hydroxyl groups excluding tert-OH is 2. The molecule has 41 heavy (non-hydrogen) atoms. The average Bonchev–Trinajstić information content (AvgIpc) is 3.23. The Balaban J connectivity index is 1.52. The molecule has 0 saturated heterocycles. The number of hydrogen-bond donors (Lipinski definition) is 4. The summed E-state index contributed by atoms with van der Waals surface area (Å²) in [6.45, 7) is 8.85. The maximum Gasteiger partial charge on any atom is 0.397 e. The molecule has 0 bridgehead atoms. The molecular formula is C29H52O10S2. The molecule has 4 aliphatic carbocycles. The van der Waals surface area contributed by atoms with Gasteiger partial charge >= 0.3 is 20.8 Å².